The minimum absolute atomic E-state index is 0.0159. The van der Waals surface area contributed by atoms with Crippen LogP contribution in [0.3, 0.4) is 0 Å². The van der Waals surface area contributed by atoms with Gasteiger partial charge in [0.25, 0.3) is 6.71 Å². The van der Waals surface area contributed by atoms with Crippen molar-refractivity contribution in [1.29, 1.82) is 0 Å². The molecule has 0 atom stereocenters. The Balaban J connectivity index is 1.40. The summed E-state index contributed by atoms with van der Waals surface area (Å²) in [4.78, 5) is 4.57. The highest BCUT2D eigenvalue weighted by atomic mass is 15.2. The summed E-state index contributed by atoms with van der Waals surface area (Å²) < 4.78 is 147. The van der Waals surface area contributed by atoms with Gasteiger partial charge in [0.15, 0.2) is 0 Å². The molecule has 0 aliphatic carbocycles. The van der Waals surface area contributed by atoms with Gasteiger partial charge < -0.3 is 9.80 Å². The fourth-order valence-corrected chi connectivity index (χ4v) is 17.3. The first kappa shape index (κ1) is 72.6. The zero-order chi connectivity index (χ0) is 102. The Hall–Kier alpha value is -9.70. The van der Waals surface area contributed by atoms with Gasteiger partial charge in [0.2, 0.25) is 0 Å². The predicted octanol–water partition coefficient (Wildman–Crippen LogP) is 33.0. The van der Waals surface area contributed by atoms with Gasteiger partial charge in [-0.2, -0.15) is 0 Å². The third-order valence-corrected chi connectivity index (χ3v) is 25.2. The van der Waals surface area contributed by atoms with Gasteiger partial charge >= 0.3 is 0 Å². The Bertz CT molecular complexity index is 6840. The fourth-order valence-electron chi connectivity index (χ4n) is 17.3. The first-order valence-corrected chi connectivity index (χ1v) is 44.8. The van der Waals surface area contributed by atoms with Crippen LogP contribution in [0.5, 0.6) is 0 Å². The molecule has 0 amide bonds. The molecule has 0 fully saturated rings. The number of hydrogen-bond donors (Lipinski definition) is 0. The Morgan fingerprint density at radius 1 is 0.211 bits per heavy atom. The molecule has 2 aliphatic rings. The molecule has 0 N–H and O–H groups in total. The lowest BCUT2D eigenvalue weighted by Gasteiger charge is -2.46. The van der Waals surface area contributed by atoms with Gasteiger partial charge in [-0.05, 0) is 252 Å². The maximum Gasteiger partial charge on any atom is 0.252 e. The highest BCUT2D eigenvalue weighted by molar-refractivity contribution is 7.00. The third-order valence-electron chi connectivity index (χ3n) is 25.2. The fraction of sp³-hybridized carbons (Fsp3) is 0.400. The summed E-state index contributed by atoms with van der Waals surface area (Å²) in [6.07, 6.45) is 0. The highest BCUT2D eigenvalue weighted by Crippen LogP contribution is 2.58. The molecule has 638 valence electrons. The lowest BCUT2D eigenvalue weighted by atomic mass is 9.33. The second-order valence-corrected chi connectivity index (χ2v) is 47.9. The zero-order valence-electron chi connectivity index (χ0n) is 95.3. The van der Waals surface area contributed by atoms with Gasteiger partial charge in [0.05, 0.1) is 30.6 Å². The van der Waals surface area contributed by atoms with Gasteiger partial charge in [-0.15, -0.1) is 0 Å². The quantitative estimate of drug-likeness (QED) is 0.133. The van der Waals surface area contributed by atoms with Crippen molar-refractivity contribution in [2.24, 2.45) is 0 Å². The largest absolute Gasteiger partial charge is 0.310 e. The molecule has 0 saturated heterocycles. The van der Waals surface area contributed by atoms with E-state index >= 15 is 0 Å². The van der Waals surface area contributed by atoms with Crippen molar-refractivity contribution in [1.82, 2.24) is 0 Å². The summed E-state index contributed by atoms with van der Waals surface area (Å²) in [6.45, 7) is 76.2. The lowest BCUT2D eigenvalue weighted by Crippen LogP contribution is -2.61. The van der Waals surface area contributed by atoms with Crippen LogP contribution in [-0.4, -0.2) is 6.71 Å². The lowest BCUT2D eigenvalue weighted by molar-refractivity contribution is 0.568. The number of benzene rings is 12. The number of hydrogen-bond acceptors (Lipinski definition) is 2. The van der Waals surface area contributed by atoms with Crippen LogP contribution in [0.2, 0.25) is 0 Å². The van der Waals surface area contributed by atoms with E-state index < -0.39 is 80.2 Å². The molecule has 0 aromatic heterocycles. The van der Waals surface area contributed by atoms with Crippen LogP contribution >= 0.6 is 0 Å². The summed E-state index contributed by atoms with van der Waals surface area (Å²) in [7, 11) is 0. The monoisotopic (exact) mass is 1640 g/mol. The average molecular weight is 1640 g/mol. The number of anilines is 6. The number of rotatable bonds is 9. The Morgan fingerprint density at radius 2 is 0.553 bits per heavy atom. The molecule has 2 aliphatic heterocycles. The van der Waals surface area contributed by atoms with Crippen LogP contribution in [0.15, 0.2) is 224 Å². The van der Waals surface area contributed by atoms with Gasteiger partial charge in [-0.3, -0.25) is 0 Å². The first-order chi connectivity index (χ1) is 62.4. The second kappa shape index (κ2) is 30.6. The maximum atomic E-state index is 11.9. The number of fused-ring (bicyclic) bond motifs is 4. The molecule has 123 heavy (non-hydrogen) atoms. The van der Waals surface area contributed by atoms with Crippen LogP contribution in [0.25, 0.3) is 77.9 Å². The molecule has 0 radical (unpaired) electrons. The van der Waals surface area contributed by atoms with Crippen LogP contribution in [0.4, 0.5) is 34.1 Å². The average Bonchev–Trinajstić information content (AvgIpc) is 0.677. The smallest absolute Gasteiger partial charge is 0.252 e. The van der Waals surface area contributed by atoms with E-state index in [0.29, 0.717) is 33.8 Å². The van der Waals surface area contributed by atoms with Crippen molar-refractivity contribution in [2.75, 3.05) is 9.80 Å². The van der Waals surface area contributed by atoms with Gasteiger partial charge in [-0.1, -0.05) is 425 Å². The van der Waals surface area contributed by atoms with Crippen molar-refractivity contribution < 1.29 is 19.2 Å². The Labute approximate surface area is 765 Å². The zero-order valence-corrected chi connectivity index (χ0v) is 81.3. The Morgan fingerprint density at radius 3 is 0.976 bits per heavy atom. The van der Waals surface area contributed by atoms with E-state index in [1.165, 1.54) is 0 Å². The topological polar surface area (TPSA) is 6.48 Å². The molecule has 2 nitrogen and oxygen atoms in total. The number of nitrogens with zero attached hydrogens (tertiary/aromatic N) is 2. The molecular weight excluding hydrogens is 1480 g/mol. The van der Waals surface area contributed by atoms with Crippen molar-refractivity contribution in [2.45, 2.75) is 314 Å². The molecule has 12 aromatic carbocycles. The minimum atomic E-state index is -1.12. The summed E-state index contributed by atoms with van der Waals surface area (Å²) in [5.74, 6) is 0. The minimum Gasteiger partial charge on any atom is -0.310 e. The molecule has 0 bridgehead atoms. The van der Waals surface area contributed by atoms with Crippen molar-refractivity contribution in [3.63, 3.8) is 0 Å². The van der Waals surface area contributed by atoms with Crippen LogP contribution in [0.1, 0.15) is 335 Å². The summed E-state index contributed by atoms with van der Waals surface area (Å²) >= 11 is 0. The van der Waals surface area contributed by atoms with E-state index in [-0.39, 0.29) is 132 Å². The molecule has 14 rings (SSSR count). The summed E-state index contributed by atoms with van der Waals surface area (Å²) in [6, 6.07) is 47.0. The molecule has 2 heterocycles. The maximum absolute atomic E-state index is 11.9. The molecule has 0 unspecified atom stereocenters. The van der Waals surface area contributed by atoms with E-state index in [0.717, 1.165) is 106 Å². The van der Waals surface area contributed by atoms with Crippen LogP contribution < -0.4 is 26.2 Å². The van der Waals surface area contributed by atoms with Crippen molar-refractivity contribution in [3.05, 3.63) is 291 Å². The molecule has 12 aromatic rings. The normalized spacial score (nSPS) is 15.6. The molecule has 3 heteroatoms. The summed E-state index contributed by atoms with van der Waals surface area (Å²) in [5.41, 5.74) is 14.7. The van der Waals surface area contributed by atoms with E-state index in [4.69, 9.17) is 1.37 Å². The molecule has 0 spiro atoms. The Kier molecular flexibility index (Phi) is 18.0. The first-order valence-electron chi connectivity index (χ1n) is 51.8. The van der Waals surface area contributed by atoms with E-state index in [1.54, 1.807) is 0 Å². The standard InChI is InChI=1S/C120H145BN2/c1-109(2,3)82-50-46-75(47-51-82)93-70-90(117(25,26)27)73-97(95-69-83(110(4,5)6)52-53-99(95)120(34,35)36)107(93)122-103-63-77(78-56-84(111(7,8)9)66-85(57-78)112(10,11)12)49-55-101(103)121-100-54-48-76(74-42-38-37-39-43-74)62-102(100)123(105-65-80(64-104(122)106(105)121)79-58-86(113(13,14)15)67-87(59-79)114(16,17)18)108-94(81-60-88(115(19,20)21)68-89(61-81)116(22,23)24)71-91(118(28,29)30)72-96(108)92-44-40-41-45-98(92)119(31,32)33/h37-73H,1-36H3/i37D,38D,39D,42D,43D,46D,47D,50D,51D,52D,53D,69D,70D,73D. The third kappa shape index (κ3) is 17.6. The molecular formula is C120H145BN2. The van der Waals surface area contributed by atoms with E-state index in [1.807, 2.05) is 95.2 Å². The van der Waals surface area contributed by atoms with Crippen LogP contribution in [-0.2, 0) is 65.0 Å². The van der Waals surface area contributed by atoms with Gasteiger partial charge in [0, 0.05) is 45.0 Å². The second-order valence-electron chi connectivity index (χ2n) is 47.9. The summed E-state index contributed by atoms with van der Waals surface area (Å²) in [5, 5.41) is 0. The van der Waals surface area contributed by atoms with Gasteiger partial charge in [0.1, 0.15) is 0 Å². The van der Waals surface area contributed by atoms with Crippen molar-refractivity contribution in [3.8, 4) is 77.9 Å². The predicted molar refractivity (Wildman–Crippen MR) is 543 cm³/mol. The highest BCUT2D eigenvalue weighted by Gasteiger charge is 2.47. The van der Waals surface area contributed by atoms with Gasteiger partial charge in [-0.25, -0.2) is 0 Å². The van der Waals surface area contributed by atoms with E-state index in [9.17, 15) is 17.8 Å². The SMILES string of the molecule is [2H]c1c([2H])c([2H])c(-c2ccc3c(c2)N(c2c(-c4cc(C(C)(C)C)cc(C(C)(C)C)c4)cc(C(C)(C)C)cc2-c2ccccc2C(C)(C)C)c2cc(-c4cc(C(C)(C)C)cc(C(C)(C)C)c4)cc4c2B3c2ccc(-c3cc(C(C)(C)C)cc(C(C)(C)C)c3)cc2N4c2c(-c3c([2H])c([2H])c(C(C)(C)C)c([2H])c3[2H])c([2H])c(C(C)(C)C)c([2H])c2-c2c([2H])c(C(C)(C)C)c([2H])c([2H])c2C(C)(C)C)c([2H])c1[2H]. The van der Waals surface area contributed by atoms with E-state index in [2.05, 4.69) is 303 Å². The molecule has 0 saturated carbocycles. The van der Waals surface area contributed by atoms with Crippen LogP contribution in [0, 0.1) is 0 Å². The van der Waals surface area contributed by atoms with Crippen molar-refractivity contribution >= 4 is 57.2 Å².